The Balaban J connectivity index is 2.35. The van der Waals surface area contributed by atoms with Gasteiger partial charge in [-0.15, -0.1) is 0 Å². The van der Waals surface area contributed by atoms with Crippen molar-refractivity contribution in [3.05, 3.63) is 0 Å². The zero-order chi connectivity index (χ0) is 11.3. The van der Waals surface area contributed by atoms with E-state index in [1.165, 1.54) is 0 Å². The Morgan fingerprint density at radius 2 is 2.27 bits per heavy atom. The fourth-order valence-corrected chi connectivity index (χ4v) is 1.96. The monoisotopic (exact) mass is 230 g/mol. The SMILES string of the molecule is CCOCCNC(=O)C1(C(N)=S)CCC1. The van der Waals surface area contributed by atoms with E-state index in [0.29, 0.717) is 24.7 Å². The Kier molecular flexibility index (Phi) is 4.47. The first-order valence-electron chi connectivity index (χ1n) is 5.29. The fraction of sp³-hybridized carbons (Fsp3) is 0.800. The van der Waals surface area contributed by atoms with Crippen LogP contribution in [0.5, 0.6) is 0 Å². The summed E-state index contributed by atoms with van der Waals surface area (Å²) in [5.41, 5.74) is 5.04. The third kappa shape index (κ3) is 2.66. The molecule has 0 heterocycles. The van der Waals surface area contributed by atoms with Gasteiger partial charge in [0.05, 0.1) is 17.0 Å². The molecule has 0 aromatic heterocycles. The van der Waals surface area contributed by atoms with E-state index >= 15 is 0 Å². The maximum Gasteiger partial charge on any atom is 0.233 e. The molecule has 0 saturated heterocycles. The Hall–Kier alpha value is -0.680. The van der Waals surface area contributed by atoms with Crippen LogP contribution in [0.4, 0.5) is 0 Å². The summed E-state index contributed by atoms with van der Waals surface area (Å²) in [7, 11) is 0. The lowest BCUT2D eigenvalue weighted by Crippen LogP contribution is -2.53. The summed E-state index contributed by atoms with van der Waals surface area (Å²) in [6, 6.07) is 0. The molecule has 86 valence electrons. The first-order chi connectivity index (χ1) is 7.13. The van der Waals surface area contributed by atoms with Gasteiger partial charge in [0.1, 0.15) is 0 Å². The number of thiocarbonyl (C=S) groups is 1. The zero-order valence-corrected chi connectivity index (χ0v) is 9.86. The molecule has 1 aliphatic carbocycles. The molecule has 0 aromatic rings. The van der Waals surface area contributed by atoms with Gasteiger partial charge in [-0.1, -0.05) is 18.6 Å². The van der Waals surface area contributed by atoms with Crippen LogP contribution in [0.1, 0.15) is 26.2 Å². The second kappa shape index (κ2) is 5.42. The molecule has 1 amide bonds. The Labute approximate surface area is 95.5 Å². The minimum absolute atomic E-state index is 0.0408. The standard InChI is InChI=1S/C10H18N2O2S/c1-2-14-7-6-12-9(13)10(8(11)15)4-3-5-10/h2-7H2,1H3,(H2,11,15)(H,12,13). The summed E-state index contributed by atoms with van der Waals surface area (Å²) in [6.07, 6.45) is 2.59. The summed E-state index contributed by atoms with van der Waals surface area (Å²) < 4.78 is 5.13. The van der Waals surface area contributed by atoms with Gasteiger partial charge in [0.25, 0.3) is 0 Å². The Morgan fingerprint density at radius 3 is 2.67 bits per heavy atom. The van der Waals surface area contributed by atoms with Crippen LogP contribution < -0.4 is 11.1 Å². The van der Waals surface area contributed by atoms with Crippen molar-refractivity contribution in [2.75, 3.05) is 19.8 Å². The lowest BCUT2D eigenvalue weighted by Gasteiger charge is -2.39. The summed E-state index contributed by atoms with van der Waals surface area (Å²) in [5, 5.41) is 2.81. The third-order valence-electron chi connectivity index (χ3n) is 2.85. The van der Waals surface area contributed by atoms with E-state index in [0.717, 1.165) is 19.3 Å². The van der Waals surface area contributed by atoms with Gasteiger partial charge in [0.15, 0.2) is 0 Å². The van der Waals surface area contributed by atoms with Crippen molar-refractivity contribution in [1.29, 1.82) is 0 Å². The van der Waals surface area contributed by atoms with Crippen LogP contribution in [-0.4, -0.2) is 30.7 Å². The Bertz CT molecular complexity index is 252. The topological polar surface area (TPSA) is 64.3 Å². The number of carbonyl (C=O) groups is 1. The number of ether oxygens (including phenoxy) is 1. The smallest absolute Gasteiger partial charge is 0.233 e. The highest BCUT2D eigenvalue weighted by atomic mass is 32.1. The highest BCUT2D eigenvalue weighted by molar-refractivity contribution is 7.80. The largest absolute Gasteiger partial charge is 0.392 e. The zero-order valence-electron chi connectivity index (χ0n) is 9.04. The molecule has 0 aromatic carbocycles. The van der Waals surface area contributed by atoms with Crippen molar-refractivity contribution in [2.24, 2.45) is 11.1 Å². The molecule has 1 rings (SSSR count). The van der Waals surface area contributed by atoms with Crippen LogP contribution in [0.15, 0.2) is 0 Å². The minimum atomic E-state index is -0.568. The van der Waals surface area contributed by atoms with E-state index < -0.39 is 5.41 Å². The van der Waals surface area contributed by atoms with Gasteiger partial charge in [0.2, 0.25) is 5.91 Å². The maximum absolute atomic E-state index is 11.8. The molecule has 5 heteroatoms. The normalized spacial score (nSPS) is 17.9. The van der Waals surface area contributed by atoms with Crippen LogP contribution in [0, 0.1) is 5.41 Å². The van der Waals surface area contributed by atoms with E-state index in [2.05, 4.69) is 5.32 Å². The van der Waals surface area contributed by atoms with Crippen molar-refractivity contribution in [2.45, 2.75) is 26.2 Å². The van der Waals surface area contributed by atoms with Crippen LogP contribution >= 0.6 is 12.2 Å². The van der Waals surface area contributed by atoms with Gasteiger partial charge in [-0.25, -0.2) is 0 Å². The van der Waals surface area contributed by atoms with Gasteiger partial charge < -0.3 is 15.8 Å². The quantitative estimate of drug-likeness (QED) is 0.518. The molecule has 4 nitrogen and oxygen atoms in total. The predicted octanol–water partition coefficient (Wildman–Crippen LogP) is 0.595. The molecule has 1 saturated carbocycles. The lowest BCUT2D eigenvalue weighted by atomic mass is 9.68. The minimum Gasteiger partial charge on any atom is -0.392 e. The molecule has 0 unspecified atom stereocenters. The van der Waals surface area contributed by atoms with Crippen LogP contribution in [0.3, 0.4) is 0 Å². The average molecular weight is 230 g/mol. The maximum atomic E-state index is 11.8. The third-order valence-corrected chi connectivity index (χ3v) is 3.24. The molecule has 0 bridgehead atoms. The number of hydrogen-bond donors (Lipinski definition) is 2. The first-order valence-corrected chi connectivity index (χ1v) is 5.70. The second-order valence-corrected chi connectivity index (χ2v) is 4.19. The van der Waals surface area contributed by atoms with Crippen molar-refractivity contribution in [1.82, 2.24) is 5.32 Å². The van der Waals surface area contributed by atoms with Gasteiger partial charge in [-0.05, 0) is 19.8 Å². The fourth-order valence-electron chi connectivity index (χ4n) is 1.67. The predicted molar refractivity (Wildman–Crippen MR) is 62.6 cm³/mol. The number of nitrogens with one attached hydrogen (secondary N) is 1. The van der Waals surface area contributed by atoms with Gasteiger partial charge in [-0.2, -0.15) is 0 Å². The molecule has 15 heavy (non-hydrogen) atoms. The van der Waals surface area contributed by atoms with Crippen molar-refractivity contribution in [3.8, 4) is 0 Å². The summed E-state index contributed by atoms with van der Waals surface area (Å²) >= 11 is 4.94. The second-order valence-electron chi connectivity index (χ2n) is 3.75. The Morgan fingerprint density at radius 1 is 1.60 bits per heavy atom. The summed E-state index contributed by atoms with van der Waals surface area (Å²) in [6.45, 7) is 3.65. The van der Waals surface area contributed by atoms with Crippen molar-refractivity contribution in [3.63, 3.8) is 0 Å². The number of nitrogens with two attached hydrogens (primary N) is 1. The van der Waals surface area contributed by atoms with Crippen LogP contribution in [0.25, 0.3) is 0 Å². The van der Waals surface area contributed by atoms with Crippen LogP contribution in [-0.2, 0) is 9.53 Å². The van der Waals surface area contributed by atoms with E-state index in [4.69, 9.17) is 22.7 Å². The summed E-state index contributed by atoms with van der Waals surface area (Å²) in [4.78, 5) is 12.1. The summed E-state index contributed by atoms with van der Waals surface area (Å²) in [5.74, 6) is -0.0408. The molecular weight excluding hydrogens is 212 g/mol. The van der Waals surface area contributed by atoms with Crippen LogP contribution in [0.2, 0.25) is 0 Å². The van der Waals surface area contributed by atoms with E-state index in [1.54, 1.807) is 0 Å². The average Bonchev–Trinajstić information content (AvgIpc) is 2.10. The molecule has 0 radical (unpaired) electrons. The molecule has 3 N–H and O–H groups in total. The number of hydrogen-bond acceptors (Lipinski definition) is 3. The number of amides is 1. The molecule has 0 aliphatic heterocycles. The molecule has 0 spiro atoms. The molecular formula is C10H18N2O2S. The van der Waals surface area contributed by atoms with Gasteiger partial charge >= 0.3 is 0 Å². The van der Waals surface area contributed by atoms with Gasteiger partial charge in [-0.3, -0.25) is 4.79 Å². The van der Waals surface area contributed by atoms with E-state index in [1.807, 2.05) is 6.92 Å². The van der Waals surface area contributed by atoms with Crippen molar-refractivity contribution >= 4 is 23.1 Å². The number of rotatable bonds is 6. The molecule has 0 atom stereocenters. The van der Waals surface area contributed by atoms with E-state index in [-0.39, 0.29) is 5.91 Å². The highest BCUT2D eigenvalue weighted by Crippen LogP contribution is 2.41. The highest BCUT2D eigenvalue weighted by Gasteiger charge is 2.46. The van der Waals surface area contributed by atoms with Gasteiger partial charge in [0, 0.05) is 13.2 Å². The van der Waals surface area contributed by atoms with Crippen molar-refractivity contribution < 1.29 is 9.53 Å². The first kappa shape index (κ1) is 12.4. The molecule has 1 aliphatic rings. The number of carbonyl (C=O) groups excluding carboxylic acids is 1. The lowest BCUT2D eigenvalue weighted by molar-refractivity contribution is -0.131. The van der Waals surface area contributed by atoms with E-state index in [9.17, 15) is 4.79 Å². The molecule has 1 fully saturated rings.